The number of fused-ring (bicyclic) bond motifs is 1. The van der Waals surface area contributed by atoms with Crippen LogP contribution < -0.4 is 4.90 Å². The van der Waals surface area contributed by atoms with Crippen LogP contribution in [-0.2, 0) is 11.8 Å². The van der Waals surface area contributed by atoms with Crippen molar-refractivity contribution in [2.75, 3.05) is 31.2 Å². The minimum Gasteiger partial charge on any atom is -0.449 e. The van der Waals surface area contributed by atoms with E-state index in [1.54, 1.807) is 9.36 Å². The van der Waals surface area contributed by atoms with Crippen LogP contribution in [0.3, 0.4) is 0 Å². The molecule has 5 heterocycles. The third kappa shape index (κ3) is 3.75. The highest BCUT2D eigenvalue weighted by molar-refractivity contribution is 6.30. The molecule has 10 heteroatoms. The molecule has 9 nitrogen and oxygen atoms in total. The Kier molecular flexibility index (Phi) is 4.85. The molecule has 1 aliphatic heterocycles. The first-order valence-electron chi connectivity index (χ1n) is 10.6. The van der Waals surface area contributed by atoms with Crippen molar-refractivity contribution in [2.45, 2.75) is 0 Å². The molecule has 5 aromatic rings. The van der Waals surface area contributed by atoms with E-state index < -0.39 is 0 Å². The van der Waals surface area contributed by atoms with Gasteiger partial charge in [-0.1, -0.05) is 23.7 Å². The maximum absolute atomic E-state index is 6.20. The third-order valence-electron chi connectivity index (χ3n) is 5.53. The lowest BCUT2D eigenvalue weighted by Crippen LogP contribution is -2.37. The number of rotatable bonds is 4. The van der Waals surface area contributed by atoms with Gasteiger partial charge in [0.15, 0.2) is 17.2 Å². The van der Waals surface area contributed by atoms with Gasteiger partial charge in [0.25, 0.3) is 5.95 Å². The summed E-state index contributed by atoms with van der Waals surface area (Å²) in [4.78, 5) is 11.8. The number of morpholine rings is 1. The quantitative estimate of drug-likeness (QED) is 0.400. The molecule has 0 unspecified atom stereocenters. The Balaban J connectivity index is 1.47. The van der Waals surface area contributed by atoms with Gasteiger partial charge in [0, 0.05) is 49.2 Å². The van der Waals surface area contributed by atoms with E-state index in [0.717, 1.165) is 35.9 Å². The van der Waals surface area contributed by atoms with E-state index in [4.69, 9.17) is 35.8 Å². The molecule has 0 aliphatic carbocycles. The smallest absolute Gasteiger partial charge is 0.253 e. The van der Waals surface area contributed by atoms with Crippen LogP contribution in [0.15, 0.2) is 59.3 Å². The summed E-state index contributed by atoms with van der Waals surface area (Å²) in [5, 5.41) is 9.81. The molecule has 0 atom stereocenters. The van der Waals surface area contributed by atoms with Gasteiger partial charge in [0.05, 0.1) is 18.9 Å². The molecule has 6 rings (SSSR count). The lowest BCUT2D eigenvalue weighted by molar-refractivity contribution is 0.122. The summed E-state index contributed by atoms with van der Waals surface area (Å²) < 4.78 is 15.1. The minimum atomic E-state index is 0.464. The van der Waals surface area contributed by atoms with Gasteiger partial charge in [-0.3, -0.25) is 4.68 Å². The Morgan fingerprint density at radius 1 is 0.939 bits per heavy atom. The molecule has 166 valence electrons. The lowest BCUT2D eigenvalue weighted by Gasteiger charge is -2.27. The van der Waals surface area contributed by atoms with Crippen molar-refractivity contribution in [2.24, 2.45) is 7.05 Å². The SMILES string of the molecule is Cn1ccc(-c2cc3nc(-n4ccc(-c5cccc(Cl)c5)n4)nc(N4CCOCC4)c3o2)n1. The normalized spacial score (nSPS) is 14.3. The van der Waals surface area contributed by atoms with Crippen LogP contribution in [0.25, 0.3) is 39.8 Å². The summed E-state index contributed by atoms with van der Waals surface area (Å²) >= 11 is 6.15. The number of benzene rings is 1. The highest BCUT2D eigenvalue weighted by Crippen LogP contribution is 2.32. The predicted octanol–water partition coefficient (Wildman–Crippen LogP) is 3.97. The van der Waals surface area contributed by atoms with E-state index in [9.17, 15) is 0 Å². The molecule has 1 aromatic carbocycles. The number of ether oxygens (including phenoxy) is 1. The highest BCUT2D eigenvalue weighted by Gasteiger charge is 2.22. The number of halogens is 1. The average molecular weight is 462 g/mol. The Labute approximate surface area is 194 Å². The first kappa shape index (κ1) is 20.0. The fraction of sp³-hybridized carbons (Fsp3) is 0.217. The van der Waals surface area contributed by atoms with Gasteiger partial charge in [-0.15, -0.1) is 0 Å². The Morgan fingerprint density at radius 2 is 1.79 bits per heavy atom. The maximum atomic E-state index is 6.20. The summed E-state index contributed by atoms with van der Waals surface area (Å²) in [6, 6.07) is 13.3. The predicted molar refractivity (Wildman–Crippen MR) is 125 cm³/mol. The van der Waals surface area contributed by atoms with E-state index >= 15 is 0 Å². The topological polar surface area (TPSA) is 87.0 Å². The number of furan rings is 1. The standard InChI is InChI=1S/C23H20ClN7O2/c1-29-7-5-18(27-29)20-14-19-21(33-20)22(30-9-11-32-12-10-30)26-23(25-19)31-8-6-17(28-31)15-3-2-4-16(24)13-15/h2-8,13-14H,9-12H2,1H3. The van der Waals surface area contributed by atoms with Gasteiger partial charge in [-0.25, -0.2) is 9.67 Å². The number of nitrogens with zero attached hydrogens (tertiary/aromatic N) is 7. The van der Waals surface area contributed by atoms with E-state index in [-0.39, 0.29) is 0 Å². The first-order chi connectivity index (χ1) is 16.1. The molecule has 0 amide bonds. The van der Waals surface area contributed by atoms with Gasteiger partial charge in [0.2, 0.25) is 0 Å². The molecule has 33 heavy (non-hydrogen) atoms. The fourth-order valence-corrected chi connectivity index (χ4v) is 4.09. The molecule has 0 saturated carbocycles. The summed E-state index contributed by atoms with van der Waals surface area (Å²) in [7, 11) is 1.87. The van der Waals surface area contributed by atoms with Gasteiger partial charge < -0.3 is 14.1 Å². The van der Waals surface area contributed by atoms with Crippen LogP contribution in [0.4, 0.5) is 5.82 Å². The van der Waals surface area contributed by atoms with E-state index in [2.05, 4.69) is 10.00 Å². The van der Waals surface area contributed by atoms with Crippen molar-refractivity contribution in [3.63, 3.8) is 0 Å². The van der Waals surface area contributed by atoms with Crippen LogP contribution >= 0.6 is 11.6 Å². The second-order valence-corrected chi connectivity index (χ2v) is 8.24. The number of hydrogen-bond donors (Lipinski definition) is 0. The van der Waals surface area contributed by atoms with Gasteiger partial charge >= 0.3 is 0 Å². The monoisotopic (exact) mass is 461 g/mol. The molecule has 1 fully saturated rings. The molecule has 0 N–H and O–H groups in total. The largest absolute Gasteiger partial charge is 0.449 e. The first-order valence-corrected chi connectivity index (χ1v) is 11.0. The van der Waals surface area contributed by atoms with Gasteiger partial charge in [0.1, 0.15) is 11.2 Å². The number of aryl methyl sites for hydroxylation is 1. The second kappa shape index (κ2) is 8.02. The number of anilines is 1. The number of hydrogen-bond acceptors (Lipinski definition) is 7. The maximum Gasteiger partial charge on any atom is 0.253 e. The third-order valence-corrected chi connectivity index (χ3v) is 5.77. The highest BCUT2D eigenvalue weighted by atomic mass is 35.5. The summed E-state index contributed by atoms with van der Waals surface area (Å²) in [6.07, 6.45) is 3.73. The molecule has 1 aliphatic rings. The fourth-order valence-electron chi connectivity index (χ4n) is 3.90. The molecular formula is C23H20ClN7O2. The zero-order chi connectivity index (χ0) is 22.4. The molecular weight excluding hydrogens is 442 g/mol. The van der Waals surface area contributed by atoms with Crippen molar-refractivity contribution in [1.29, 1.82) is 0 Å². The molecule has 4 aromatic heterocycles. The summed E-state index contributed by atoms with van der Waals surface area (Å²) in [6.45, 7) is 2.71. The average Bonchev–Trinajstić information content (AvgIpc) is 3.58. The minimum absolute atomic E-state index is 0.464. The zero-order valence-corrected chi connectivity index (χ0v) is 18.6. The zero-order valence-electron chi connectivity index (χ0n) is 17.8. The summed E-state index contributed by atoms with van der Waals surface area (Å²) in [5.74, 6) is 1.83. The van der Waals surface area contributed by atoms with E-state index in [1.165, 1.54) is 0 Å². The van der Waals surface area contributed by atoms with Gasteiger partial charge in [-0.05, 0) is 24.3 Å². The Morgan fingerprint density at radius 3 is 2.58 bits per heavy atom. The summed E-state index contributed by atoms with van der Waals surface area (Å²) in [5.41, 5.74) is 3.78. The van der Waals surface area contributed by atoms with E-state index in [1.807, 2.05) is 61.9 Å². The molecule has 1 saturated heterocycles. The van der Waals surface area contributed by atoms with Crippen molar-refractivity contribution < 1.29 is 9.15 Å². The Bertz CT molecular complexity index is 1450. The van der Waals surface area contributed by atoms with Crippen LogP contribution in [0.5, 0.6) is 0 Å². The van der Waals surface area contributed by atoms with Crippen LogP contribution in [0, 0.1) is 0 Å². The van der Waals surface area contributed by atoms with Crippen LogP contribution in [0.2, 0.25) is 5.02 Å². The van der Waals surface area contributed by atoms with Crippen molar-refractivity contribution >= 4 is 28.5 Å². The molecule has 0 spiro atoms. The van der Waals surface area contributed by atoms with Crippen LogP contribution in [-0.4, -0.2) is 55.8 Å². The van der Waals surface area contributed by atoms with Crippen molar-refractivity contribution in [3.8, 4) is 28.7 Å². The van der Waals surface area contributed by atoms with Crippen molar-refractivity contribution in [1.82, 2.24) is 29.5 Å². The number of aromatic nitrogens is 6. The molecule has 0 radical (unpaired) electrons. The van der Waals surface area contributed by atoms with Gasteiger partial charge in [-0.2, -0.15) is 15.2 Å². The second-order valence-electron chi connectivity index (χ2n) is 7.80. The lowest BCUT2D eigenvalue weighted by atomic mass is 10.2. The van der Waals surface area contributed by atoms with E-state index in [0.29, 0.717) is 41.0 Å². The van der Waals surface area contributed by atoms with Crippen LogP contribution in [0.1, 0.15) is 0 Å². The molecule has 0 bridgehead atoms. The van der Waals surface area contributed by atoms with Crippen molar-refractivity contribution in [3.05, 3.63) is 59.9 Å². The Hall–Kier alpha value is -3.69.